The van der Waals surface area contributed by atoms with Gasteiger partial charge in [0.05, 0.1) is 17.9 Å². The fraction of sp³-hybridized carbons (Fsp3) is 0.263. The molecule has 0 bridgehead atoms. The van der Waals surface area contributed by atoms with E-state index in [4.69, 9.17) is 4.74 Å². The van der Waals surface area contributed by atoms with E-state index in [1.54, 1.807) is 49.4 Å². The molecule has 0 spiro atoms. The van der Waals surface area contributed by atoms with Gasteiger partial charge in [-0.05, 0) is 30.2 Å². The summed E-state index contributed by atoms with van der Waals surface area (Å²) >= 11 is 0. The van der Waals surface area contributed by atoms with Crippen LogP contribution in [-0.4, -0.2) is 25.2 Å². The molecule has 0 aromatic heterocycles. The van der Waals surface area contributed by atoms with Gasteiger partial charge in [-0.15, -0.1) is 0 Å². The van der Waals surface area contributed by atoms with Gasteiger partial charge >= 0.3 is 6.09 Å². The van der Waals surface area contributed by atoms with Crippen LogP contribution >= 0.6 is 0 Å². The van der Waals surface area contributed by atoms with E-state index in [0.29, 0.717) is 36.5 Å². The SMILES string of the molecule is C[C@H](Cc1ccccc1F)C(=O)Nc1ccccc1N1CCOC1=O. The minimum absolute atomic E-state index is 0.233. The summed E-state index contributed by atoms with van der Waals surface area (Å²) < 4.78 is 18.7. The number of carbonyl (C=O) groups is 2. The first-order chi connectivity index (χ1) is 12.1. The molecule has 2 amide bonds. The van der Waals surface area contributed by atoms with Crippen LogP contribution in [0.3, 0.4) is 0 Å². The summed E-state index contributed by atoms with van der Waals surface area (Å²) in [6.45, 7) is 2.51. The summed E-state index contributed by atoms with van der Waals surface area (Å²) in [4.78, 5) is 25.8. The Bertz CT molecular complexity index is 794. The first-order valence-electron chi connectivity index (χ1n) is 8.14. The van der Waals surface area contributed by atoms with Crippen molar-refractivity contribution in [2.45, 2.75) is 13.3 Å². The summed E-state index contributed by atoms with van der Waals surface area (Å²) in [6, 6.07) is 13.5. The van der Waals surface area contributed by atoms with Crippen molar-refractivity contribution in [1.82, 2.24) is 0 Å². The molecule has 0 saturated carbocycles. The van der Waals surface area contributed by atoms with Crippen molar-refractivity contribution in [1.29, 1.82) is 0 Å². The highest BCUT2D eigenvalue weighted by Crippen LogP contribution is 2.28. The number of amides is 2. The molecule has 130 valence electrons. The van der Waals surface area contributed by atoms with E-state index in [9.17, 15) is 14.0 Å². The Morgan fingerprint density at radius 3 is 2.68 bits per heavy atom. The van der Waals surface area contributed by atoms with E-state index in [0.717, 1.165) is 0 Å². The van der Waals surface area contributed by atoms with Gasteiger partial charge in [0.15, 0.2) is 0 Å². The molecule has 1 saturated heterocycles. The number of hydrogen-bond acceptors (Lipinski definition) is 3. The van der Waals surface area contributed by atoms with Crippen LogP contribution in [0.5, 0.6) is 0 Å². The zero-order chi connectivity index (χ0) is 17.8. The van der Waals surface area contributed by atoms with Crippen LogP contribution in [0.25, 0.3) is 0 Å². The van der Waals surface area contributed by atoms with Crippen LogP contribution in [0, 0.1) is 11.7 Å². The van der Waals surface area contributed by atoms with Crippen LogP contribution < -0.4 is 10.2 Å². The van der Waals surface area contributed by atoms with Crippen LogP contribution in [0.1, 0.15) is 12.5 Å². The van der Waals surface area contributed by atoms with Crippen LogP contribution in [-0.2, 0) is 16.0 Å². The molecule has 1 heterocycles. The molecule has 2 aromatic carbocycles. The van der Waals surface area contributed by atoms with E-state index < -0.39 is 12.0 Å². The highest BCUT2D eigenvalue weighted by atomic mass is 19.1. The van der Waals surface area contributed by atoms with Gasteiger partial charge in [0.2, 0.25) is 5.91 Å². The molecule has 1 fully saturated rings. The normalized spacial score (nSPS) is 15.0. The molecule has 1 aliphatic heterocycles. The number of anilines is 2. The van der Waals surface area contributed by atoms with Crippen molar-refractivity contribution in [3.8, 4) is 0 Å². The Morgan fingerprint density at radius 1 is 1.24 bits per heavy atom. The molecular formula is C19H19FN2O3. The Morgan fingerprint density at radius 2 is 1.96 bits per heavy atom. The molecule has 0 unspecified atom stereocenters. The van der Waals surface area contributed by atoms with Gasteiger partial charge < -0.3 is 10.1 Å². The molecule has 0 radical (unpaired) electrons. The molecule has 2 aromatic rings. The molecule has 1 atom stereocenters. The standard InChI is InChI=1S/C19H19FN2O3/c1-13(12-14-6-2-3-7-15(14)20)18(23)21-16-8-4-5-9-17(16)22-10-11-25-19(22)24/h2-9,13H,10-12H2,1H3,(H,21,23)/t13-/m1/s1. The van der Waals surface area contributed by atoms with Gasteiger partial charge in [0.25, 0.3) is 0 Å². The second-order valence-electron chi connectivity index (χ2n) is 5.97. The third kappa shape index (κ3) is 3.79. The maximum absolute atomic E-state index is 13.8. The number of cyclic esters (lactones) is 1. The fourth-order valence-electron chi connectivity index (χ4n) is 2.77. The first kappa shape index (κ1) is 17.0. The van der Waals surface area contributed by atoms with Crippen LogP contribution in [0.2, 0.25) is 0 Å². The lowest BCUT2D eigenvalue weighted by atomic mass is 10.00. The third-order valence-corrected chi connectivity index (χ3v) is 4.15. The van der Waals surface area contributed by atoms with Crippen molar-refractivity contribution in [3.63, 3.8) is 0 Å². The van der Waals surface area contributed by atoms with E-state index >= 15 is 0 Å². The average Bonchev–Trinajstić information content (AvgIpc) is 3.03. The molecule has 6 heteroatoms. The van der Waals surface area contributed by atoms with Crippen LogP contribution in [0.15, 0.2) is 48.5 Å². The van der Waals surface area contributed by atoms with Crippen molar-refractivity contribution < 1.29 is 18.7 Å². The van der Waals surface area contributed by atoms with Gasteiger partial charge in [-0.1, -0.05) is 37.3 Å². The molecule has 5 nitrogen and oxygen atoms in total. The Labute approximate surface area is 145 Å². The fourth-order valence-corrected chi connectivity index (χ4v) is 2.77. The predicted molar refractivity (Wildman–Crippen MR) is 93.0 cm³/mol. The summed E-state index contributed by atoms with van der Waals surface area (Å²) in [6.07, 6.45) is -0.131. The largest absolute Gasteiger partial charge is 0.447 e. The lowest BCUT2D eigenvalue weighted by Gasteiger charge is -2.19. The zero-order valence-corrected chi connectivity index (χ0v) is 13.9. The highest BCUT2D eigenvalue weighted by molar-refractivity contribution is 6.00. The number of benzene rings is 2. The van der Waals surface area contributed by atoms with Crippen molar-refractivity contribution in [2.24, 2.45) is 5.92 Å². The number of rotatable bonds is 5. The van der Waals surface area contributed by atoms with Crippen LogP contribution in [0.4, 0.5) is 20.6 Å². The number of halogens is 1. The van der Waals surface area contributed by atoms with Gasteiger partial charge in [-0.2, -0.15) is 0 Å². The summed E-state index contributed by atoms with van der Waals surface area (Å²) in [5, 5.41) is 2.84. The zero-order valence-electron chi connectivity index (χ0n) is 13.9. The minimum atomic E-state index is -0.430. The topological polar surface area (TPSA) is 58.6 Å². The van der Waals surface area contributed by atoms with Gasteiger partial charge in [0, 0.05) is 5.92 Å². The van der Waals surface area contributed by atoms with E-state index in [-0.39, 0.29) is 11.7 Å². The number of ether oxygens (including phenoxy) is 1. The van der Waals surface area contributed by atoms with Gasteiger partial charge in [-0.3, -0.25) is 9.69 Å². The maximum atomic E-state index is 13.8. The monoisotopic (exact) mass is 342 g/mol. The summed E-state index contributed by atoms with van der Waals surface area (Å²) in [7, 11) is 0. The molecule has 0 aliphatic carbocycles. The van der Waals surface area contributed by atoms with E-state index in [1.165, 1.54) is 11.0 Å². The predicted octanol–water partition coefficient (Wildman–Crippen LogP) is 3.60. The van der Waals surface area contributed by atoms with E-state index in [1.807, 2.05) is 0 Å². The molecule has 1 aliphatic rings. The Kier molecular flexibility index (Phi) is 4.97. The van der Waals surface area contributed by atoms with Gasteiger partial charge in [0.1, 0.15) is 12.4 Å². The van der Waals surface area contributed by atoms with Crippen molar-refractivity contribution >= 4 is 23.4 Å². The van der Waals surface area contributed by atoms with Crippen molar-refractivity contribution in [2.75, 3.05) is 23.4 Å². The first-order valence-corrected chi connectivity index (χ1v) is 8.14. The molecule has 1 N–H and O–H groups in total. The quantitative estimate of drug-likeness (QED) is 0.903. The summed E-state index contributed by atoms with van der Waals surface area (Å²) in [5.74, 6) is -0.971. The number of nitrogens with one attached hydrogen (secondary N) is 1. The number of nitrogens with zero attached hydrogens (tertiary/aromatic N) is 1. The average molecular weight is 342 g/mol. The number of para-hydroxylation sites is 2. The van der Waals surface area contributed by atoms with Crippen molar-refractivity contribution in [3.05, 3.63) is 59.9 Å². The lowest BCUT2D eigenvalue weighted by molar-refractivity contribution is -0.119. The molecule has 25 heavy (non-hydrogen) atoms. The minimum Gasteiger partial charge on any atom is -0.447 e. The molecule has 3 rings (SSSR count). The number of carbonyl (C=O) groups excluding carboxylic acids is 2. The smallest absolute Gasteiger partial charge is 0.414 e. The Hall–Kier alpha value is -2.89. The van der Waals surface area contributed by atoms with E-state index in [2.05, 4.69) is 5.32 Å². The van der Waals surface area contributed by atoms with Gasteiger partial charge in [-0.25, -0.2) is 9.18 Å². The Balaban J connectivity index is 1.73. The molecular weight excluding hydrogens is 323 g/mol. The maximum Gasteiger partial charge on any atom is 0.414 e. The lowest BCUT2D eigenvalue weighted by Crippen LogP contribution is -2.27. The second kappa shape index (κ2) is 7.34. The third-order valence-electron chi connectivity index (χ3n) is 4.15. The number of hydrogen-bond donors (Lipinski definition) is 1. The second-order valence-corrected chi connectivity index (χ2v) is 5.97. The highest BCUT2D eigenvalue weighted by Gasteiger charge is 2.26. The summed E-state index contributed by atoms with van der Waals surface area (Å²) in [5.41, 5.74) is 1.63.